The van der Waals surface area contributed by atoms with Crippen molar-refractivity contribution in [1.82, 2.24) is 9.88 Å². The fourth-order valence-electron chi connectivity index (χ4n) is 2.69. The van der Waals surface area contributed by atoms with Crippen LogP contribution in [0.15, 0.2) is 27.4 Å². The van der Waals surface area contributed by atoms with Crippen molar-refractivity contribution < 1.29 is 18.7 Å². The number of amides is 3. The average Bonchev–Trinajstić information content (AvgIpc) is 2.85. The number of hydrogen-bond acceptors (Lipinski definition) is 5. The Kier molecular flexibility index (Phi) is 5.01. The number of ether oxygens (including phenoxy) is 1. The summed E-state index contributed by atoms with van der Waals surface area (Å²) in [6, 6.07) is 5.58. The Balaban J connectivity index is 1.81. The Morgan fingerprint density at radius 1 is 1.23 bits per heavy atom. The van der Waals surface area contributed by atoms with Crippen molar-refractivity contribution in [1.29, 1.82) is 0 Å². The molecule has 0 bridgehead atoms. The first-order chi connectivity index (χ1) is 12.2. The number of carbonyl (C=O) groups is 2. The Labute approximate surface area is 151 Å². The molecule has 0 unspecified atom stereocenters. The summed E-state index contributed by atoms with van der Waals surface area (Å²) in [7, 11) is -1.21. The molecule has 3 rings (SSSR count). The first-order valence-electron chi connectivity index (χ1n) is 8.57. The maximum Gasteiger partial charge on any atom is 0.421 e. The van der Waals surface area contributed by atoms with Gasteiger partial charge >= 0.3 is 11.8 Å². The molecule has 1 aromatic heterocycles. The summed E-state index contributed by atoms with van der Waals surface area (Å²) < 4.78 is 12.3. The fourth-order valence-corrected chi connectivity index (χ4v) is 3.44. The molecular formula is C17H23N3O5Si. The van der Waals surface area contributed by atoms with Crippen LogP contribution in [-0.4, -0.2) is 37.7 Å². The van der Waals surface area contributed by atoms with Gasteiger partial charge < -0.3 is 9.15 Å². The highest BCUT2D eigenvalue weighted by atomic mass is 28.3. The maximum absolute atomic E-state index is 12.1. The Bertz CT molecular complexity index is 896. The van der Waals surface area contributed by atoms with Crippen molar-refractivity contribution in [2.75, 3.05) is 18.1 Å². The minimum Gasteiger partial charge on any atom is -0.408 e. The third kappa shape index (κ3) is 4.05. The predicted molar refractivity (Wildman–Crippen MR) is 100 cm³/mol. The molecule has 1 aromatic carbocycles. The highest BCUT2D eigenvalue weighted by molar-refractivity contribution is 6.76. The summed E-state index contributed by atoms with van der Waals surface area (Å²) in [5.41, 5.74) is 1.59. The number of hydrogen-bond donors (Lipinski definition) is 1. The molecule has 1 aliphatic heterocycles. The number of urea groups is 1. The molecule has 1 fully saturated rings. The van der Waals surface area contributed by atoms with Crippen LogP contribution in [0.4, 0.5) is 10.5 Å². The molecule has 0 saturated carbocycles. The van der Waals surface area contributed by atoms with E-state index in [1.54, 1.807) is 18.2 Å². The van der Waals surface area contributed by atoms with E-state index in [1.807, 2.05) is 0 Å². The third-order valence-corrected chi connectivity index (χ3v) is 5.94. The van der Waals surface area contributed by atoms with Crippen molar-refractivity contribution in [2.24, 2.45) is 0 Å². The van der Waals surface area contributed by atoms with Gasteiger partial charge in [0, 0.05) is 33.3 Å². The van der Waals surface area contributed by atoms with Crippen LogP contribution in [0.1, 0.15) is 6.42 Å². The van der Waals surface area contributed by atoms with E-state index in [1.165, 1.54) is 9.47 Å². The first kappa shape index (κ1) is 18.4. The van der Waals surface area contributed by atoms with Gasteiger partial charge in [-0.05, 0) is 24.2 Å². The molecule has 0 spiro atoms. The lowest BCUT2D eigenvalue weighted by Crippen LogP contribution is -2.49. The second kappa shape index (κ2) is 7.08. The second-order valence-electron chi connectivity index (χ2n) is 7.55. The topological polar surface area (TPSA) is 93.8 Å². The SMILES string of the molecule is C[Si](C)(C)CCOCn1c(=O)oc2ccc(N3CCC(=O)NC3=O)cc21. The molecule has 0 aliphatic carbocycles. The van der Waals surface area contributed by atoms with Gasteiger partial charge in [-0.1, -0.05) is 19.6 Å². The standard InChI is InChI=1S/C17H23N3O5Si/c1-26(2,3)9-8-24-11-20-13-10-12(4-5-14(13)25-17(20)23)19-7-6-15(21)18-16(19)22/h4-5,10H,6-9,11H2,1-3H3,(H,18,21,22). The van der Waals surface area contributed by atoms with Crippen LogP contribution in [-0.2, 0) is 16.3 Å². The molecule has 3 amide bonds. The molecule has 1 aliphatic rings. The molecular weight excluding hydrogens is 354 g/mol. The zero-order valence-electron chi connectivity index (χ0n) is 15.2. The molecule has 1 N–H and O–H groups in total. The summed E-state index contributed by atoms with van der Waals surface area (Å²) in [4.78, 5) is 36.9. The number of carbonyl (C=O) groups excluding carboxylic acids is 2. The van der Waals surface area contributed by atoms with Crippen LogP contribution in [0.25, 0.3) is 11.1 Å². The average molecular weight is 377 g/mol. The van der Waals surface area contributed by atoms with Gasteiger partial charge in [-0.2, -0.15) is 0 Å². The van der Waals surface area contributed by atoms with E-state index in [0.29, 0.717) is 29.9 Å². The zero-order chi connectivity index (χ0) is 18.9. The number of imide groups is 1. The molecule has 140 valence electrons. The van der Waals surface area contributed by atoms with Gasteiger partial charge in [0.1, 0.15) is 6.73 Å². The lowest BCUT2D eigenvalue weighted by molar-refractivity contribution is -0.120. The van der Waals surface area contributed by atoms with E-state index in [9.17, 15) is 14.4 Å². The summed E-state index contributed by atoms with van der Waals surface area (Å²) in [5.74, 6) is -0.785. The van der Waals surface area contributed by atoms with Crippen molar-refractivity contribution >= 4 is 36.8 Å². The normalized spacial score (nSPS) is 15.6. The number of fused-ring (bicyclic) bond motifs is 1. The largest absolute Gasteiger partial charge is 0.421 e. The maximum atomic E-state index is 12.1. The second-order valence-corrected chi connectivity index (χ2v) is 13.2. The van der Waals surface area contributed by atoms with E-state index in [0.717, 1.165) is 6.04 Å². The van der Waals surface area contributed by atoms with E-state index in [-0.39, 0.29) is 19.1 Å². The fraction of sp³-hybridized carbons (Fsp3) is 0.471. The molecule has 1 saturated heterocycles. The predicted octanol–water partition coefficient (Wildman–Crippen LogP) is 2.35. The van der Waals surface area contributed by atoms with Gasteiger partial charge in [-0.15, -0.1) is 0 Å². The van der Waals surface area contributed by atoms with Crippen molar-refractivity contribution in [3.8, 4) is 0 Å². The molecule has 8 nitrogen and oxygen atoms in total. The number of benzene rings is 1. The van der Waals surface area contributed by atoms with Gasteiger partial charge in [-0.25, -0.2) is 14.2 Å². The van der Waals surface area contributed by atoms with E-state index in [2.05, 4.69) is 25.0 Å². The van der Waals surface area contributed by atoms with E-state index < -0.39 is 19.9 Å². The lowest BCUT2D eigenvalue weighted by atomic mass is 10.2. The highest BCUT2D eigenvalue weighted by Gasteiger charge is 2.25. The van der Waals surface area contributed by atoms with Gasteiger partial charge in [0.25, 0.3) is 0 Å². The van der Waals surface area contributed by atoms with Crippen LogP contribution in [0.3, 0.4) is 0 Å². The first-order valence-corrected chi connectivity index (χ1v) is 12.3. The highest BCUT2D eigenvalue weighted by Crippen LogP contribution is 2.23. The number of nitrogens with one attached hydrogen (secondary N) is 1. The van der Waals surface area contributed by atoms with Crippen LogP contribution < -0.4 is 16.0 Å². The third-order valence-electron chi connectivity index (χ3n) is 4.23. The Morgan fingerprint density at radius 2 is 2.00 bits per heavy atom. The van der Waals surface area contributed by atoms with Crippen LogP contribution in [0.2, 0.25) is 25.7 Å². The monoisotopic (exact) mass is 377 g/mol. The summed E-state index contributed by atoms with van der Waals surface area (Å²) in [5, 5.41) is 2.29. The summed E-state index contributed by atoms with van der Waals surface area (Å²) in [6.45, 7) is 7.77. The lowest BCUT2D eigenvalue weighted by Gasteiger charge is -2.26. The number of anilines is 1. The van der Waals surface area contributed by atoms with Crippen molar-refractivity contribution in [2.45, 2.75) is 38.8 Å². The molecule has 2 heterocycles. The molecule has 26 heavy (non-hydrogen) atoms. The number of aromatic nitrogens is 1. The van der Waals surface area contributed by atoms with Crippen LogP contribution in [0, 0.1) is 0 Å². The Morgan fingerprint density at radius 3 is 2.69 bits per heavy atom. The Hall–Kier alpha value is -2.39. The van der Waals surface area contributed by atoms with Gasteiger partial charge in [0.05, 0.1) is 5.52 Å². The van der Waals surface area contributed by atoms with Gasteiger partial charge in [-0.3, -0.25) is 15.0 Å². The van der Waals surface area contributed by atoms with E-state index >= 15 is 0 Å². The number of nitrogens with zero attached hydrogens (tertiary/aromatic N) is 2. The van der Waals surface area contributed by atoms with Crippen LogP contribution in [0.5, 0.6) is 0 Å². The minimum absolute atomic E-state index is 0.102. The van der Waals surface area contributed by atoms with Crippen molar-refractivity contribution in [3.63, 3.8) is 0 Å². The van der Waals surface area contributed by atoms with E-state index in [4.69, 9.17) is 9.15 Å². The van der Waals surface area contributed by atoms with Crippen LogP contribution >= 0.6 is 0 Å². The number of rotatable bonds is 6. The number of oxazole rings is 1. The van der Waals surface area contributed by atoms with Gasteiger partial charge in [0.15, 0.2) is 5.58 Å². The quantitative estimate of drug-likeness (QED) is 0.616. The summed E-state index contributed by atoms with van der Waals surface area (Å²) in [6.07, 6.45) is 0.238. The molecule has 0 radical (unpaired) electrons. The van der Waals surface area contributed by atoms with Gasteiger partial charge in [0.2, 0.25) is 5.91 Å². The van der Waals surface area contributed by atoms with Crippen molar-refractivity contribution in [3.05, 3.63) is 28.7 Å². The summed E-state index contributed by atoms with van der Waals surface area (Å²) >= 11 is 0. The zero-order valence-corrected chi connectivity index (χ0v) is 16.2. The molecule has 9 heteroatoms. The smallest absolute Gasteiger partial charge is 0.408 e. The molecule has 0 atom stereocenters. The molecule has 2 aromatic rings. The minimum atomic E-state index is -1.21.